The van der Waals surface area contributed by atoms with Crippen LogP contribution in [0.2, 0.25) is 0 Å². The van der Waals surface area contributed by atoms with Crippen molar-refractivity contribution in [2.24, 2.45) is 17.3 Å². The highest BCUT2D eigenvalue weighted by molar-refractivity contribution is 6.47. The number of ether oxygens (including phenoxy) is 1. The van der Waals surface area contributed by atoms with Gasteiger partial charge >= 0.3 is 13.1 Å². The minimum absolute atomic E-state index is 0.0791. The van der Waals surface area contributed by atoms with Gasteiger partial charge in [0.1, 0.15) is 11.8 Å². The number of benzene rings is 2. The van der Waals surface area contributed by atoms with Crippen LogP contribution in [0.1, 0.15) is 94.7 Å². The molecule has 2 N–H and O–H groups in total. The number of nitrogens with one attached hydrogen (secondary N) is 2. The molecular formula is C41H57BN4O5. The third-order valence-electron chi connectivity index (χ3n) is 12.6. The number of nitrogens with zero attached hydrogens (tertiary/aromatic N) is 2. The minimum Gasteiger partial charge on any atom is -0.497 e. The van der Waals surface area contributed by atoms with Gasteiger partial charge < -0.3 is 34.5 Å². The Hall–Kier alpha value is -3.34. The second-order valence-corrected chi connectivity index (χ2v) is 16.1. The van der Waals surface area contributed by atoms with Crippen molar-refractivity contribution >= 4 is 19.1 Å². The van der Waals surface area contributed by atoms with Gasteiger partial charge in [-0.3, -0.25) is 4.79 Å². The van der Waals surface area contributed by atoms with Crippen LogP contribution in [0.25, 0.3) is 0 Å². The highest BCUT2D eigenvalue weighted by Crippen LogP contribution is 2.61. The summed E-state index contributed by atoms with van der Waals surface area (Å²) in [4.78, 5) is 31.5. The van der Waals surface area contributed by atoms with Gasteiger partial charge in [0, 0.05) is 32.7 Å². The molecule has 2 bridgehead atoms. The first-order chi connectivity index (χ1) is 24.8. The normalized spacial score (nSPS) is 31.0. The number of hydrogen-bond donors (Lipinski definition) is 2. The quantitative estimate of drug-likeness (QED) is 0.275. The molecule has 274 valence electrons. The Balaban J connectivity index is 0.000000389. The average Bonchev–Trinajstić information content (AvgIpc) is 3.93. The predicted molar refractivity (Wildman–Crippen MR) is 200 cm³/mol. The van der Waals surface area contributed by atoms with Crippen LogP contribution in [-0.2, 0) is 33.7 Å². The van der Waals surface area contributed by atoms with E-state index in [-0.39, 0.29) is 30.1 Å². The van der Waals surface area contributed by atoms with Gasteiger partial charge in [0.25, 0.3) is 0 Å². The lowest BCUT2D eigenvalue weighted by Crippen LogP contribution is -2.59. The Morgan fingerprint density at radius 2 is 1.67 bits per heavy atom. The smallest absolute Gasteiger partial charge is 0.481 e. The molecule has 51 heavy (non-hydrogen) atoms. The van der Waals surface area contributed by atoms with Crippen LogP contribution in [-0.4, -0.2) is 73.2 Å². The van der Waals surface area contributed by atoms with Crippen LogP contribution < -0.4 is 15.4 Å². The highest BCUT2D eigenvalue weighted by Gasteiger charge is 2.62. The topological polar surface area (TPSA) is 92.4 Å². The number of fused-ring (bicyclic) bond motifs is 2. The van der Waals surface area contributed by atoms with Gasteiger partial charge in [-0.2, -0.15) is 0 Å². The van der Waals surface area contributed by atoms with Crippen molar-refractivity contribution in [3.8, 4) is 5.75 Å². The zero-order valence-corrected chi connectivity index (χ0v) is 30.9. The molecule has 0 aromatic heterocycles. The van der Waals surface area contributed by atoms with Crippen molar-refractivity contribution in [2.75, 3.05) is 20.2 Å². The summed E-state index contributed by atoms with van der Waals surface area (Å²) in [6, 6.07) is 15.8. The van der Waals surface area contributed by atoms with E-state index in [0.29, 0.717) is 43.3 Å². The maximum Gasteiger partial charge on any atom is 0.481 e. The summed E-state index contributed by atoms with van der Waals surface area (Å²) >= 11 is 0. The molecule has 2 saturated heterocycles. The summed E-state index contributed by atoms with van der Waals surface area (Å²) in [6.07, 6.45) is 14.6. The lowest BCUT2D eigenvalue weighted by Gasteiger charge is -2.60. The van der Waals surface area contributed by atoms with E-state index in [2.05, 4.69) is 60.9 Å². The lowest BCUT2D eigenvalue weighted by atomic mass is 9.47. The number of allylic oxidation sites excluding steroid dienone is 1. The number of urea groups is 1. The molecule has 9 nitrogen and oxygen atoms in total. The highest BCUT2D eigenvalue weighted by atomic mass is 16.7. The lowest BCUT2D eigenvalue weighted by molar-refractivity contribution is -0.150. The number of carbonyl (C=O) groups excluding carboxylic acids is 2. The van der Waals surface area contributed by atoms with Crippen molar-refractivity contribution in [1.29, 1.82) is 0 Å². The largest absolute Gasteiger partial charge is 0.497 e. The van der Waals surface area contributed by atoms with Gasteiger partial charge in [-0.1, -0.05) is 81.7 Å². The average molecular weight is 697 g/mol. The monoisotopic (exact) mass is 696 g/mol. The minimum atomic E-state index is -0.481. The molecule has 9 rings (SSSR count). The molecule has 5 fully saturated rings. The van der Waals surface area contributed by atoms with Gasteiger partial charge in [-0.05, 0) is 91.0 Å². The van der Waals surface area contributed by atoms with E-state index in [1.165, 1.54) is 17.5 Å². The van der Waals surface area contributed by atoms with Crippen molar-refractivity contribution in [2.45, 2.75) is 122 Å². The third kappa shape index (κ3) is 8.03. The first-order valence-corrected chi connectivity index (χ1v) is 19.5. The van der Waals surface area contributed by atoms with Crippen LogP contribution in [0, 0.1) is 17.3 Å². The van der Waals surface area contributed by atoms with E-state index in [4.69, 9.17) is 14.0 Å². The first kappa shape index (κ1) is 36.0. The van der Waals surface area contributed by atoms with Crippen LogP contribution in [0.3, 0.4) is 0 Å². The molecule has 4 heterocycles. The molecule has 0 spiro atoms. The second-order valence-electron chi connectivity index (χ2n) is 16.1. The summed E-state index contributed by atoms with van der Waals surface area (Å²) in [7, 11) is 1.23. The molecule has 7 aliphatic rings. The Labute approximate surface area is 305 Å². The number of carbonyl (C=O) groups is 2. The zero-order valence-electron chi connectivity index (χ0n) is 30.9. The van der Waals surface area contributed by atoms with E-state index >= 15 is 0 Å². The first-order valence-electron chi connectivity index (χ1n) is 19.5. The SMILES string of the molecule is COc1ccc(CN2C/C=C/CCCCCC[C@@H](B3OC4CC5CC(C4O3)C5(C)C)NC(=O)C3CCCN3C2=O)cc1.c1ccc2c(c1)CNC2. The maximum atomic E-state index is 14.0. The molecule has 3 amide bonds. The van der Waals surface area contributed by atoms with Gasteiger partial charge in [-0.15, -0.1) is 0 Å². The van der Waals surface area contributed by atoms with Crippen LogP contribution in [0.4, 0.5) is 4.79 Å². The fourth-order valence-electron chi connectivity index (χ4n) is 9.25. The van der Waals surface area contributed by atoms with Crippen molar-refractivity contribution in [3.63, 3.8) is 0 Å². The van der Waals surface area contributed by atoms with Crippen molar-refractivity contribution in [3.05, 3.63) is 77.4 Å². The van der Waals surface area contributed by atoms with Crippen molar-refractivity contribution < 1.29 is 23.6 Å². The van der Waals surface area contributed by atoms with Gasteiger partial charge in [-0.25, -0.2) is 4.79 Å². The van der Waals surface area contributed by atoms with E-state index < -0.39 is 13.2 Å². The fraction of sp³-hybridized carbons (Fsp3) is 0.610. The summed E-state index contributed by atoms with van der Waals surface area (Å²) < 4.78 is 18.5. The number of amides is 3. The van der Waals surface area contributed by atoms with Crippen molar-refractivity contribution in [1.82, 2.24) is 20.4 Å². The molecule has 0 radical (unpaired) electrons. The standard InChI is InChI=1S/C33H48BN3O5.C8H9N/c1-33(2)24-20-26(33)30-28(21-24)41-34(42-30)29-13-9-7-5-4-6-8-10-18-36(22-23-14-16-25(40-3)17-15-23)32(39)37-19-11-12-27(37)31(38)35-29;1-2-4-8-6-9-5-7(8)3-1/h8,10,14-17,24,26-30H,4-7,9,11-13,18-22H2,1-3H3,(H,35,38);1-4,9H,5-6H2/b10-8+;/t24?,26?,27?,28?,29-,30?;/m0./s1. The van der Waals surface area contributed by atoms with Gasteiger partial charge in [0.15, 0.2) is 0 Å². The van der Waals surface area contributed by atoms with E-state index in [1.54, 1.807) is 12.0 Å². The predicted octanol–water partition coefficient (Wildman–Crippen LogP) is 6.64. The number of methoxy groups -OCH3 is 1. The number of hydrogen-bond acceptors (Lipinski definition) is 6. The summed E-state index contributed by atoms with van der Waals surface area (Å²) in [5.41, 5.74) is 4.25. The fourth-order valence-corrected chi connectivity index (χ4v) is 9.25. The molecule has 5 unspecified atom stereocenters. The molecule has 6 atom stereocenters. The molecule has 2 aromatic rings. The van der Waals surface area contributed by atoms with E-state index in [9.17, 15) is 9.59 Å². The molecule has 3 aliphatic carbocycles. The number of rotatable bonds is 4. The Morgan fingerprint density at radius 3 is 2.41 bits per heavy atom. The van der Waals surface area contributed by atoms with E-state index in [0.717, 1.165) is 75.8 Å². The summed E-state index contributed by atoms with van der Waals surface area (Å²) in [6.45, 7) is 8.42. The Kier molecular flexibility index (Phi) is 11.4. The zero-order chi connectivity index (χ0) is 35.4. The Bertz CT molecular complexity index is 1510. The molecular weight excluding hydrogens is 639 g/mol. The Morgan fingerprint density at radius 1 is 0.902 bits per heavy atom. The second kappa shape index (κ2) is 16.1. The molecule has 10 heteroatoms. The molecule has 2 aromatic carbocycles. The van der Waals surface area contributed by atoms with E-state index in [1.807, 2.05) is 29.2 Å². The van der Waals surface area contributed by atoms with Crippen LogP contribution >= 0.6 is 0 Å². The summed E-state index contributed by atoms with van der Waals surface area (Å²) in [5.74, 6) is 1.74. The van der Waals surface area contributed by atoms with Crippen LogP contribution in [0.15, 0.2) is 60.7 Å². The van der Waals surface area contributed by atoms with Gasteiger partial charge in [0.05, 0.1) is 25.3 Å². The maximum absolute atomic E-state index is 14.0. The third-order valence-corrected chi connectivity index (χ3v) is 12.6. The molecule has 4 aliphatic heterocycles. The van der Waals surface area contributed by atoms with Gasteiger partial charge in [0.2, 0.25) is 5.91 Å². The molecule has 3 saturated carbocycles. The van der Waals surface area contributed by atoms with Crippen LogP contribution in [0.5, 0.6) is 5.75 Å². The summed E-state index contributed by atoms with van der Waals surface area (Å²) in [5, 5.41) is 6.63.